The number of para-hydroxylation sites is 2. The Hall–Kier alpha value is -3.06. The number of carbonyl (C=O) groups is 3. The Morgan fingerprint density at radius 3 is 2.82 bits per heavy atom. The Balaban J connectivity index is 1.58. The van der Waals surface area contributed by atoms with Gasteiger partial charge in [-0.3, -0.25) is 19.3 Å². The standard InChI is InChI=1S/C20H19ClN2O5/c1-13-6-7-15(14(21)10-13)22-18(24)12-28-20(26)11-23-16-4-2-3-5-17(16)27-9-8-19(23)25/h2-7,10H,8-9,11-12H2,1H3,(H,22,24). The second-order valence-corrected chi connectivity index (χ2v) is 6.65. The summed E-state index contributed by atoms with van der Waals surface area (Å²) in [5.74, 6) is -0.953. The first-order valence-electron chi connectivity index (χ1n) is 8.68. The molecule has 28 heavy (non-hydrogen) atoms. The fourth-order valence-electron chi connectivity index (χ4n) is 2.72. The van der Waals surface area contributed by atoms with E-state index in [1.165, 1.54) is 4.90 Å². The topological polar surface area (TPSA) is 84.9 Å². The van der Waals surface area contributed by atoms with Gasteiger partial charge in [0, 0.05) is 0 Å². The number of nitrogens with zero attached hydrogens (tertiary/aromatic N) is 1. The number of nitrogens with one attached hydrogen (secondary N) is 1. The van der Waals surface area contributed by atoms with Crippen molar-refractivity contribution in [2.24, 2.45) is 0 Å². The largest absolute Gasteiger partial charge is 0.491 e. The number of esters is 1. The lowest BCUT2D eigenvalue weighted by atomic mass is 10.2. The van der Waals surface area contributed by atoms with Crippen LogP contribution in [0.1, 0.15) is 12.0 Å². The molecule has 146 valence electrons. The molecule has 2 aromatic rings. The highest BCUT2D eigenvalue weighted by Crippen LogP contribution is 2.30. The zero-order valence-electron chi connectivity index (χ0n) is 15.2. The molecule has 1 N–H and O–H groups in total. The summed E-state index contributed by atoms with van der Waals surface area (Å²) in [5.41, 5.74) is 1.89. The van der Waals surface area contributed by atoms with E-state index in [0.717, 1.165) is 5.56 Å². The summed E-state index contributed by atoms with van der Waals surface area (Å²) in [6.45, 7) is 1.33. The van der Waals surface area contributed by atoms with Crippen LogP contribution in [0, 0.1) is 6.92 Å². The van der Waals surface area contributed by atoms with Gasteiger partial charge in [0.15, 0.2) is 6.61 Å². The number of carbonyl (C=O) groups excluding carboxylic acids is 3. The third-order valence-electron chi connectivity index (χ3n) is 4.08. The molecule has 1 aliphatic heterocycles. The van der Waals surface area contributed by atoms with Crippen LogP contribution in [0.25, 0.3) is 0 Å². The van der Waals surface area contributed by atoms with Crippen LogP contribution in [-0.4, -0.2) is 37.5 Å². The molecule has 0 aliphatic carbocycles. The SMILES string of the molecule is Cc1ccc(NC(=O)COC(=O)CN2C(=O)CCOc3ccccc32)c(Cl)c1. The number of halogens is 1. The van der Waals surface area contributed by atoms with Gasteiger partial charge >= 0.3 is 5.97 Å². The summed E-state index contributed by atoms with van der Waals surface area (Å²) in [7, 11) is 0. The van der Waals surface area contributed by atoms with Crippen molar-refractivity contribution in [3.05, 3.63) is 53.1 Å². The van der Waals surface area contributed by atoms with Crippen molar-refractivity contribution < 1.29 is 23.9 Å². The third kappa shape index (κ3) is 4.80. The molecule has 0 unspecified atom stereocenters. The molecule has 0 spiro atoms. The van der Waals surface area contributed by atoms with Gasteiger partial charge in [-0.05, 0) is 36.8 Å². The third-order valence-corrected chi connectivity index (χ3v) is 4.39. The van der Waals surface area contributed by atoms with E-state index < -0.39 is 18.5 Å². The molecule has 1 aliphatic rings. The summed E-state index contributed by atoms with van der Waals surface area (Å²) in [6, 6.07) is 12.1. The Kier molecular flexibility index (Phi) is 6.16. The smallest absolute Gasteiger partial charge is 0.326 e. The second kappa shape index (κ2) is 8.75. The molecule has 0 fully saturated rings. The first kappa shape index (κ1) is 19.7. The summed E-state index contributed by atoms with van der Waals surface area (Å²) in [5, 5.41) is 2.98. The highest BCUT2D eigenvalue weighted by atomic mass is 35.5. The number of benzene rings is 2. The zero-order valence-corrected chi connectivity index (χ0v) is 16.0. The van der Waals surface area contributed by atoms with E-state index >= 15 is 0 Å². The average Bonchev–Trinajstić information content (AvgIpc) is 2.82. The van der Waals surface area contributed by atoms with Crippen molar-refractivity contribution in [1.29, 1.82) is 0 Å². The molecule has 0 bridgehead atoms. The second-order valence-electron chi connectivity index (χ2n) is 6.24. The van der Waals surface area contributed by atoms with Crippen LogP contribution >= 0.6 is 11.6 Å². The number of ether oxygens (including phenoxy) is 2. The zero-order chi connectivity index (χ0) is 20.1. The summed E-state index contributed by atoms with van der Waals surface area (Å²) in [4.78, 5) is 37.8. The van der Waals surface area contributed by atoms with Gasteiger partial charge in [0.2, 0.25) is 5.91 Å². The van der Waals surface area contributed by atoms with E-state index in [0.29, 0.717) is 22.1 Å². The maximum Gasteiger partial charge on any atom is 0.326 e. The molecule has 0 radical (unpaired) electrons. The van der Waals surface area contributed by atoms with E-state index in [1.807, 2.05) is 6.92 Å². The molecule has 2 amide bonds. The van der Waals surface area contributed by atoms with E-state index in [1.54, 1.807) is 42.5 Å². The highest BCUT2D eigenvalue weighted by Gasteiger charge is 2.25. The highest BCUT2D eigenvalue weighted by molar-refractivity contribution is 6.33. The quantitative estimate of drug-likeness (QED) is 0.777. The van der Waals surface area contributed by atoms with E-state index in [9.17, 15) is 14.4 Å². The first-order valence-corrected chi connectivity index (χ1v) is 9.05. The summed E-state index contributed by atoms with van der Waals surface area (Å²) < 4.78 is 10.5. The van der Waals surface area contributed by atoms with Crippen LogP contribution in [0.3, 0.4) is 0 Å². The fraction of sp³-hybridized carbons (Fsp3) is 0.250. The summed E-state index contributed by atoms with van der Waals surface area (Å²) >= 11 is 6.07. The van der Waals surface area contributed by atoms with Crippen molar-refractivity contribution >= 4 is 40.8 Å². The number of fused-ring (bicyclic) bond motifs is 1. The van der Waals surface area contributed by atoms with Gasteiger partial charge < -0.3 is 14.8 Å². The monoisotopic (exact) mass is 402 g/mol. The predicted octanol–water partition coefficient (Wildman–Crippen LogP) is 2.95. The van der Waals surface area contributed by atoms with Gasteiger partial charge in [0.25, 0.3) is 5.91 Å². The van der Waals surface area contributed by atoms with Gasteiger partial charge in [-0.2, -0.15) is 0 Å². The molecule has 0 aromatic heterocycles. The summed E-state index contributed by atoms with van der Waals surface area (Å²) in [6.07, 6.45) is 0.147. The molecule has 2 aromatic carbocycles. The molecule has 0 saturated heterocycles. The van der Waals surface area contributed by atoms with Crippen LogP contribution in [0.15, 0.2) is 42.5 Å². The van der Waals surface area contributed by atoms with E-state index in [-0.39, 0.29) is 25.5 Å². The maximum atomic E-state index is 12.3. The molecule has 8 heteroatoms. The Morgan fingerprint density at radius 2 is 2.04 bits per heavy atom. The Morgan fingerprint density at radius 1 is 1.25 bits per heavy atom. The van der Waals surface area contributed by atoms with Crippen molar-refractivity contribution in [2.75, 3.05) is 30.0 Å². The van der Waals surface area contributed by atoms with Crippen molar-refractivity contribution in [3.63, 3.8) is 0 Å². The number of hydrogen-bond donors (Lipinski definition) is 1. The minimum atomic E-state index is -0.699. The predicted molar refractivity (Wildman–Crippen MR) is 105 cm³/mol. The normalized spacial score (nSPS) is 13.2. The minimum Gasteiger partial charge on any atom is -0.491 e. The Bertz CT molecular complexity index is 915. The lowest BCUT2D eigenvalue weighted by molar-refractivity contribution is -0.146. The lowest BCUT2D eigenvalue weighted by Crippen LogP contribution is -2.37. The number of hydrogen-bond acceptors (Lipinski definition) is 5. The van der Waals surface area contributed by atoms with Gasteiger partial charge in [-0.25, -0.2) is 0 Å². The molecular formula is C20H19ClN2O5. The molecule has 3 rings (SSSR count). The van der Waals surface area contributed by atoms with Gasteiger partial charge in [0.05, 0.1) is 29.4 Å². The molecule has 7 nitrogen and oxygen atoms in total. The first-order chi connectivity index (χ1) is 13.4. The molecular weight excluding hydrogens is 384 g/mol. The lowest BCUT2D eigenvalue weighted by Gasteiger charge is -2.20. The molecule has 0 atom stereocenters. The minimum absolute atomic E-state index is 0.147. The van der Waals surface area contributed by atoms with Gasteiger partial charge in [0.1, 0.15) is 12.3 Å². The van der Waals surface area contributed by atoms with Crippen molar-refractivity contribution in [2.45, 2.75) is 13.3 Å². The van der Waals surface area contributed by atoms with Crippen LogP contribution in [0.5, 0.6) is 5.75 Å². The van der Waals surface area contributed by atoms with E-state index in [4.69, 9.17) is 21.1 Å². The van der Waals surface area contributed by atoms with Crippen LogP contribution in [0.4, 0.5) is 11.4 Å². The number of amides is 2. The van der Waals surface area contributed by atoms with E-state index in [2.05, 4.69) is 5.32 Å². The maximum absolute atomic E-state index is 12.3. The molecule has 0 saturated carbocycles. The Labute approximate surface area is 167 Å². The van der Waals surface area contributed by atoms with Crippen LogP contribution in [0.2, 0.25) is 5.02 Å². The van der Waals surface area contributed by atoms with Crippen molar-refractivity contribution in [1.82, 2.24) is 0 Å². The molecule has 1 heterocycles. The van der Waals surface area contributed by atoms with Gasteiger partial charge in [-0.1, -0.05) is 29.8 Å². The van der Waals surface area contributed by atoms with Crippen LogP contribution in [-0.2, 0) is 19.1 Å². The van der Waals surface area contributed by atoms with Gasteiger partial charge in [-0.15, -0.1) is 0 Å². The average molecular weight is 403 g/mol. The van der Waals surface area contributed by atoms with Crippen LogP contribution < -0.4 is 15.0 Å². The number of anilines is 2. The fourth-order valence-corrected chi connectivity index (χ4v) is 3.00. The van der Waals surface area contributed by atoms with Crippen molar-refractivity contribution in [3.8, 4) is 5.75 Å². The number of aryl methyl sites for hydroxylation is 1. The number of rotatable bonds is 5.